The fourth-order valence-corrected chi connectivity index (χ4v) is 3.48. The molecule has 1 saturated heterocycles. The van der Waals surface area contributed by atoms with Crippen LogP contribution in [-0.2, 0) is 0 Å². The third-order valence-electron chi connectivity index (χ3n) is 4.80. The number of carbonyl (C=O) groups is 1. The van der Waals surface area contributed by atoms with Gasteiger partial charge >= 0.3 is 6.61 Å². The second kappa shape index (κ2) is 7.90. The van der Waals surface area contributed by atoms with Crippen LogP contribution in [-0.4, -0.2) is 31.7 Å². The Morgan fingerprint density at radius 3 is 2.76 bits per heavy atom. The van der Waals surface area contributed by atoms with Crippen molar-refractivity contribution in [2.45, 2.75) is 19.1 Å². The molecule has 0 spiro atoms. The number of ether oxygens (including phenoxy) is 1. The first-order valence-electron chi connectivity index (χ1n) is 9.14. The van der Waals surface area contributed by atoms with Crippen molar-refractivity contribution in [1.82, 2.24) is 5.32 Å². The van der Waals surface area contributed by atoms with Crippen LogP contribution < -0.4 is 20.4 Å². The number of carbonyl (C=O) groups excluding carboxylic acids is 1. The number of nitrogens with zero attached hydrogens (tertiary/aromatic N) is 1. The van der Waals surface area contributed by atoms with Gasteiger partial charge in [0.1, 0.15) is 11.3 Å². The second-order valence-electron chi connectivity index (χ2n) is 6.72. The van der Waals surface area contributed by atoms with Crippen LogP contribution in [0.5, 0.6) is 5.75 Å². The van der Waals surface area contributed by atoms with Gasteiger partial charge in [0.2, 0.25) is 0 Å². The number of alkyl halides is 2. The monoisotopic (exact) mass is 400 g/mol. The van der Waals surface area contributed by atoms with Gasteiger partial charge in [-0.25, -0.2) is 0 Å². The predicted octanol–water partition coefficient (Wildman–Crippen LogP) is 3.40. The molecule has 0 unspecified atom stereocenters. The number of fused-ring (bicyclic) bond motifs is 1. The van der Waals surface area contributed by atoms with Gasteiger partial charge in [-0.05, 0) is 30.7 Å². The van der Waals surface area contributed by atoms with Crippen LogP contribution in [0.1, 0.15) is 17.0 Å². The van der Waals surface area contributed by atoms with Crippen molar-refractivity contribution in [2.24, 2.45) is 0 Å². The highest BCUT2D eigenvalue weighted by atomic mass is 19.3. The zero-order valence-electron chi connectivity index (χ0n) is 15.3. The van der Waals surface area contributed by atoms with E-state index in [2.05, 4.69) is 10.1 Å². The summed E-state index contributed by atoms with van der Waals surface area (Å²) >= 11 is 0. The molecule has 3 aromatic rings. The van der Waals surface area contributed by atoms with E-state index in [-0.39, 0.29) is 23.0 Å². The lowest BCUT2D eigenvalue weighted by atomic mass is 10.2. The first kappa shape index (κ1) is 18.9. The summed E-state index contributed by atoms with van der Waals surface area (Å²) in [6.07, 6.45) is 0.618. The minimum Gasteiger partial charge on any atom is -0.451 e. The SMILES string of the molecule is O=C(N[C@@H]1CCN(c2ccccc2OC(F)F)C1)c1cc(=O)c2ccccc2o1. The highest BCUT2D eigenvalue weighted by Gasteiger charge is 2.27. The minimum atomic E-state index is -2.91. The fraction of sp³-hybridized carbons (Fsp3) is 0.238. The van der Waals surface area contributed by atoms with E-state index in [4.69, 9.17) is 4.42 Å². The van der Waals surface area contributed by atoms with Crippen molar-refractivity contribution >= 4 is 22.6 Å². The highest BCUT2D eigenvalue weighted by molar-refractivity contribution is 5.93. The Kier molecular flexibility index (Phi) is 5.16. The molecule has 6 nitrogen and oxygen atoms in total. The van der Waals surface area contributed by atoms with Crippen LogP contribution in [0.25, 0.3) is 11.0 Å². The molecule has 1 atom stereocenters. The molecule has 1 N–H and O–H groups in total. The third-order valence-corrected chi connectivity index (χ3v) is 4.80. The number of benzene rings is 2. The van der Waals surface area contributed by atoms with Crippen LogP contribution in [0.4, 0.5) is 14.5 Å². The molecule has 2 heterocycles. The quantitative estimate of drug-likeness (QED) is 0.711. The maximum atomic E-state index is 12.6. The zero-order valence-corrected chi connectivity index (χ0v) is 15.3. The summed E-state index contributed by atoms with van der Waals surface area (Å²) in [5, 5.41) is 3.25. The molecule has 2 aromatic carbocycles. The summed E-state index contributed by atoms with van der Waals surface area (Å²) in [7, 11) is 0. The lowest BCUT2D eigenvalue weighted by Gasteiger charge is -2.22. The fourth-order valence-electron chi connectivity index (χ4n) is 3.48. The van der Waals surface area contributed by atoms with Gasteiger partial charge in [0.15, 0.2) is 11.2 Å². The molecule has 1 aliphatic rings. The van der Waals surface area contributed by atoms with Crippen molar-refractivity contribution in [3.05, 3.63) is 70.6 Å². The third kappa shape index (κ3) is 4.06. The number of halogens is 2. The Morgan fingerprint density at radius 2 is 1.93 bits per heavy atom. The highest BCUT2D eigenvalue weighted by Crippen LogP contribution is 2.31. The molecule has 29 heavy (non-hydrogen) atoms. The normalized spacial score (nSPS) is 16.4. The number of nitrogens with one attached hydrogen (secondary N) is 1. The van der Waals surface area contributed by atoms with E-state index in [1.807, 2.05) is 4.90 Å². The standard InChI is InChI=1S/C21H18F2N2O4/c22-21(23)29-18-8-4-2-6-15(18)25-10-9-13(12-25)24-20(27)19-11-16(26)14-5-1-3-7-17(14)28-19/h1-8,11,13,21H,9-10,12H2,(H,24,27)/t13-/m1/s1. The molecule has 0 saturated carbocycles. The molecule has 1 amide bonds. The van der Waals surface area contributed by atoms with Crippen molar-refractivity contribution in [2.75, 3.05) is 18.0 Å². The van der Waals surface area contributed by atoms with Crippen molar-refractivity contribution < 1.29 is 22.7 Å². The summed E-state index contributed by atoms with van der Waals surface area (Å²) in [4.78, 5) is 26.6. The average Bonchev–Trinajstić information content (AvgIpc) is 3.16. The summed E-state index contributed by atoms with van der Waals surface area (Å²) in [5.74, 6) is -0.458. The maximum absolute atomic E-state index is 12.6. The van der Waals surface area contributed by atoms with E-state index in [0.29, 0.717) is 36.2 Å². The molecule has 8 heteroatoms. The van der Waals surface area contributed by atoms with E-state index in [1.54, 1.807) is 42.5 Å². The van der Waals surface area contributed by atoms with Gasteiger partial charge in [0.25, 0.3) is 5.91 Å². The lowest BCUT2D eigenvalue weighted by Crippen LogP contribution is -2.37. The average molecular weight is 400 g/mol. The number of hydrogen-bond acceptors (Lipinski definition) is 5. The lowest BCUT2D eigenvalue weighted by molar-refractivity contribution is -0.0495. The second-order valence-corrected chi connectivity index (χ2v) is 6.72. The Morgan fingerprint density at radius 1 is 1.17 bits per heavy atom. The molecule has 1 aliphatic heterocycles. The van der Waals surface area contributed by atoms with Gasteiger partial charge in [-0.2, -0.15) is 8.78 Å². The minimum absolute atomic E-state index is 0.0615. The van der Waals surface area contributed by atoms with E-state index >= 15 is 0 Å². The first-order chi connectivity index (χ1) is 14.0. The maximum Gasteiger partial charge on any atom is 0.387 e. The molecule has 1 aromatic heterocycles. The Balaban J connectivity index is 1.47. The van der Waals surface area contributed by atoms with Crippen LogP contribution in [0.2, 0.25) is 0 Å². The number of amides is 1. The van der Waals surface area contributed by atoms with Crippen molar-refractivity contribution in [1.29, 1.82) is 0 Å². The summed E-state index contributed by atoms with van der Waals surface area (Å²) in [6.45, 7) is -1.92. The largest absolute Gasteiger partial charge is 0.451 e. The topological polar surface area (TPSA) is 71.8 Å². The molecule has 0 bridgehead atoms. The summed E-state index contributed by atoms with van der Waals surface area (Å²) < 4.78 is 35.4. The van der Waals surface area contributed by atoms with Crippen molar-refractivity contribution in [3.8, 4) is 5.75 Å². The van der Waals surface area contributed by atoms with Crippen LogP contribution >= 0.6 is 0 Å². The Bertz CT molecular complexity index is 1100. The van der Waals surface area contributed by atoms with Gasteiger partial charge in [-0.15, -0.1) is 0 Å². The van der Waals surface area contributed by atoms with E-state index in [1.165, 1.54) is 12.1 Å². The zero-order chi connectivity index (χ0) is 20.4. The molecular formula is C21H18F2N2O4. The molecule has 0 aliphatic carbocycles. The van der Waals surface area contributed by atoms with Crippen molar-refractivity contribution in [3.63, 3.8) is 0 Å². The molecule has 0 radical (unpaired) electrons. The van der Waals surface area contributed by atoms with E-state index in [0.717, 1.165) is 0 Å². The Labute approximate surface area is 164 Å². The summed E-state index contributed by atoms with van der Waals surface area (Å²) in [6, 6.07) is 14.2. The smallest absolute Gasteiger partial charge is 0.387 e. The number of rotatable bonds is 5. The Hall–Kier alpha value is -3.42. The van der Waals surface area contributed by atoms with Gasteiger partial charge < -0.3 is 19.4 Å². The van der Waals surface area contributed by atoms with Gasteiger partial charge in [0, 0.05) is 25.2 Å². The first-order valence-corrected chi connectivity index (χ1v) is 9.14. The number of para-hydroxylation sites is 3. The molecule has 1 fully saturated rings. The van der Waals surface area contributed by atoms with Gasteiger partial charge in [-0.1, -0.05) is 24.3 Å². The van der Waals surface area contributed by atoms with Crippen LogP contribution in [0, 0.1) is 0 Å². The van der Waals surface area contributed by atoms with Gasteiger partial charge in [0.05, 0.1) is 11.1 Å². The van der Waals surface area contributed by atoms with Gasteiger partial charge in [-0.3, -0.25) is 9.59 Å². The van der Waals surface area contributed by atoms with E-state index in [9.17, 15) is 18.4 Å². The predicted molar refractivity (Wildman–Crippen MR) is 104 cm³/mol. The molecular weight excluding hydrogens is 382 g/mol. The number of hydrogen-bond donors (Lipinski definition) is 1. The molecule has 4 rings (SSSR count). The van der Waals surface area contributed by atoms with Crippen LogP contribution in [0.3, 0.4) is 0 Å². The van der Waals surface area contributed by atoms with E-state index < -0.39 is 12.5 Å². The number of anilines is 1. The van der Waals surface area contributed by atoms with Crippen LogP contribution in [0.15, 0.2) is 63.8 Å². The molecule has 150 valence electrons. The summed E-state index contributed by atoms with van der Waals surface area (Å²) in [5.41, 5.74) is 0.598.